The highest BCUT2D eigenvalue weighted by atomic mass is 16.5. The van der Waals surface area contributed by atoms with Gasteiger partial charge in [-0.3, -0.25) is 4.79 Å². The molecule has 1 heterocycles. The molecule has 0 bridgehead atoms. The van der Waals surface area contributed by atoms with Crippen LogP contribution in [0.15, 0.2) is 77.6 Å². The lowest BCUT2D eigenvalue weighted by Crippen LogP contribution is -2.19. The van der Waals surface area contributed by atoms with Crippen molar-refractivity contribution >= 4 is 27.8 Å². The number of benzene rings is 3. The van der Waals surface area contributed by atoms with Gasteiger partial charge in [-0.25, -0.2) is 4.79 Å². The van der Waals surface area contributed by atoms with Gasteiger partial charge in [-0.05, 0) is 47.9 Å². The van der Waals surface area contributed by atoms with Crippen LogP contribution in [0.1, 0.15) is 25.3 Å². The van der Waals surface area contributed by atoms with Crippen LogP contribution in [0.3, 0.4) is 0 Å². The van der Waals surface area contributed by atoms with Crippen molar-refractivity contribution < 1.29 is 9.53 Å². The van der Waals surface area contributed by atoms with Gasteiger partial charge in [-0.15, -0.1) is 0 Å². The van der Waals surface area contributed by atoms with E-state index in [1.54, 1.807) is 12.1 Å². The average molecular weight is 371 g/mol. The van der Waals surface area contributed by atoms with E-state index >= 15 is 0 Å². The third-order valence-electron chi connectivity index (χ3n) is 4.94. The Morgan fingerprint density at radius 1 is 0.857 bits per heavy atom. The van der Waals surface area contributed by atoms with E-state index in [-0.39, 0.29) is 17.9 Å². The summed E-state index contributed by atoms with van der Waals surface area (Å²) in [5, 5.41) is 1.19. The summed E-state index contributed by atoms with van der Waals surface area (Å²) in [6.07, 6.45) is 0. The van der Waals surface area contributed by atoms with E-state index in [0.29, 0.717) is 22.4 Å². The minimum Gasteiger partial charge on any atom is -0.425 e. The van der Waals surface area contributed by atoms with Crippen LogP contribution >= 0.6 is 0 Å². The first kappa shape index (κ1) is 18.0. The quantitative estimate of drug-likeness (QED) is 0.292. The van der Waals surface area contributed by atoms with Crippen molar-refractivity contribution in [3.8, 4) is 5.75 Å². The first-order chi connectivity index (χ1) is 13.5. The first-order valence-electron chi connectivity index (χ1n) is 9.35. The lowest BCUT2D eigenvalue weighted by Gasteiger charge is -2.14. The fourth-order valence-corrected chi connectivity index (χ4v) is 3.46. The monoisotopic (exact) mass is 371 g/mol. The number of pyridine rings is 1. The standard InChI is InChI=1S/C24H21NO3/c1-16(2)17-11-13-18(14-12-17)28-23(26)15-25-21-9-5-3-7-19(21)24(27)20-8-4-6-10-22(20)25/h3-14,16H,15H2,1-2H3. The summed E-state index contributed by atoms with van der Waals surface area (Å²) in [6.45, 7) is 4.26. The Bertz CT molecular complexity index is 1160. The zero-order chi connectivity index (χ0) is 19.7. The third-order valence-corrected chi connectivity index (χ3v) is 4.94. The topological polar surface area (TPSA) is 48.3 Å². The van der Waals surface area contributed by atoms with Gasteiger partial charge in [0.2, 0.25) is 0 Å². The molecule has 28 heavy (non-hydrogen) atoms. The van der Waals surface area contributed by atoms with Crippen molar-refractivity contribution in [3.05, 3.63) is 88.6 Å². The number of fused-ring (bicyclic) bond motifs is 2. The average Bonchev–Trinajstić information content (AvgIpc) is 2.71. The van der Waals surface area contributed by atoms with Gasteiger partial charge >= 0.3 is 5.97 Å². The van der Waals surface area contributed by atoms with E-state index in [1.165, 1.54) is 5.56 Å². The van der Waals surface area contributed by atoms with Crippen molar-refractivity contribution in [1.82, 2.24) is 4.57 Å². The van der Waals surface area contributed by atoms with Crippen LogP contribution < -0.4 is 10.2 Å². The summed E-state index contributed by atoms with van der Waals surface area (Å²) in [7, 11) is 0. The molecular formula is C24H21NO3. The molecule has 4 nitrogen and oxygen atoms in total. The maximum Gasteiger partial charge on any atom is 0.331 e. The van der Waals surface area contributed by atoms with Crippen molar-refractivity contribution in [2.45, 2.75) is 26.3 Å². The first-order valence-corrected chi connectivity index (χ1v) is 9.35. The minimum absolute atomic E-state index is 0.0211. The molecule has 0 atom stereocenters. The molecule has 140 valence electrons. The smallest absolute Gasteiger partial charge is 0.331 e. The van der Waals surface area contributed by atoms with Gasteiger partial charge in [0.05, 0.1) is 11.0 Å². The van der Waals surface area contributed by atoms with E-state index in [9.17, 15) is 9.59 Å². The Hall–Kier alpha value is -3.40. The second-order valence-electron chi connectivity index (χ2n) is 7.15. The Balaban J connectivity index is 1.71. The Morgan fingerprint density at radius 2 is 1.39 bits per heavy atom. The summed E-state index contributed by atoms with van der Waals surface area (Å²) < 4.78 is 7.39. The summed E-state index contributed by atoms with van der Waals surface area (Å²) in [5.74, 6) is 0.559. The number of esters is 1. The zero-order valence-corrected chi connectivity index (χ0v) is 15.9. The van der Waals surface area contributed by atoms with Gasteiger partial charge in [0.15, 0.2) is 5.43 Å². The van der Waals surface area contributed by atoms with Crippen molar-refractivity contribution in [1.29, 1.82) is 0 Å². The predicted molar refractivity (Wildman–Crippen MR) is 112 cm³/mol. The second kappa shape index (κ2) is 7.31. The molecule has 4 aromatic rings. The van der Waals surface area contributed by atoms with Gasteiger partial charge in [-0.1, -0.05) is 50.2 Å². The van der Waals surface area contributed by atoms with Crippen LogP contribution in [0, 0.1) is 0 Å². The summed E-state index contributed by atoms with van der Waals surface area (Å²) >= 11 is 0. The molecule has 0 aliphatic heterocycles. The fraction of sp³-hybridized carbons (Fsp3) is 0.167. The van der Waals surface area contributed by atoms with Crippen LogP contribution in [0.2, 0.25) is 0 Å². The highest BCUT2D eigenvalue weighted by Crippen LogP contribution is 2.21. The van der Waals surface area contributed by atoms with Crippen LogP contribution in [-0.4, -0.2) is 10.5 Å². The molecule has 0 saturated carbocycles. The molecule has 4 rings (SSSR count). The SMILES string of the molecule is CC(C)c1ccc(OC(=O)Cn2c3ccccc3c(=O)c3ccccc32)cc1. The number of para-hydroxylation sites is 2. The highest BCUT2D eigenvalue weighted by Gasteiger charge is 2.14. The molecule has 0 aliphatic carbocycles. The maximum atomic E-state index is 12.8. The molecule has 0 saturated heterocycles. The molecule has 0 aliphatic rings. The summed E-state index contributed by atoms with van der Waals surface area (Å²) in [6, 6.07) is 22.2. The van der Waals surface area contributed by atoms with Gasteiger partial charge in [0.1, 0.15) is 12.3 Å². The zero-order valence-electron chi connectivity index (χ0n) is 15.9. The van der Waals surface area contributed by atoms with Crippen LogP contribution in [0.5, 0.6) is 5.75 Å². The van der Waals surface area contributed by atoms with E-state index in [2.05, 4.69) is 13.8 Å². The normalized spacial score (nSPS) is 11.2. The number of ether oxygens (including phenoxy) is 1. The molecule has 0 amide bonds. The van der Waals surface area contributed by atoms with Gasteiger partial charge in [0, 0.05) is 10.8 Å². The number of rotatable bonds is 4. The highest BCUT2D eigenvalue weighted by molar-refractivity contribution is 5.94. The van der Waals surface area contributed by atoms with Gasteiger partial charge in [-0.2, -0.15) is 0 Å². The molecule has 0 N–H and O–H groups in total. The molecular weight excluding hydrogens is 350 g/mol. The molecule has 0 radical (unpaired) electrons. The fourth-order valence-electron chi connectivity index (χ4n) is 3.46. The molecule has 0 spiro atoms. The molecule has 4 heteroatoms. The van der Waals surface area contributed by atoms with Crippen molar-refractivity contribution in [2.75, 3.05) is 0 Å². The molecule has 0 unspecified atom stereocenters. The molecule has 1 aromatic heterocycles. The lowest BCUT2D eigenvalue weighted by molar-refractivity contribution is -0.134. The molecule has 0 fully saturated rings. The number of hydrogen-bond acceptors (Lipinski definition) is 3. The predicted octanol–water partition coefficient (Wildman–Crippen LogP) is 4.88. The minimum atomic E-state index is -0.378. The lowest BCUT2D eigenvalue weighted by atomic mass is 10.0. The summed E-state index contributed by atoms with van der Waals surface area (Å²) in [4.78, 5) is 25.4. The van der Waals surface area contributed by atoms with E-state index in [4.69, 9.17) is 4.74 Å². The van der Waals surface area contributed by atoms with Gasteiger partial charge < -0.3 is 9.30 Å². The maximum absolute atomic E-state index is 12.8. The van der Waals surface area contributed by atoms with Crippen molar-refractivity contribution in [2.24, 2.45) is 0 Å². The largest absolute Gasteiger partial charge is 0.425 e. The molecule has 3 aromatic carbocycles. The van der Waals surface area contributed by atoms with Crippen LogP contribution in [-0.2, 0) is 11.3 Å². The number of aromatic nitrogens is 1. The van der Waals surface area contributed by atoms with E-state index in [1.807, 2.05) is 65.2 Å². The van der Waals surface area contributed by atoms with Crippen LogP contribution in [0.4, 0.5) is 0 Å². The third kappa shape index (κ3) is 3.29. The van der Waals surface area contributed by atoms with Crippen LogP contribution in [0.25, 0.3) is 21.8 Å². The van der Waals surface area contributed by atoms with Crippen molar-refractivity contribution in [3.63, 3.8) is 0 Å². The Labute approximate surface area is 163 Å². The summed E-state index contributed by atoms with van der Waals surface area (Å²) in [5.41, 5.74) is 2.61. The number of hydrogen-bond donors (Lipinski definition) is 0. The van der Waals surface area contributed by atoms with E-state index < -0.39 is 0 Å². The second-order valence-corrected chi connectivity index (χ2v) is 7.15. The Morgan fingerprint density at radius 3 is 1.93 bits per heavy atom. The van der Waals surface area contributed by atoms with E-state index in [0.717, 1.165) is 11.0 Å². The number of carbonyl (C=O) groups is 1. The Kier molecular flexibility index (Phi) is 4.70. The number of carbonyl (C=O) groups excluding carboxylic acids is 1. The van der Waals surface area contributed by atoms with Gasteiger partial charge in [0.25, 0.3) is 0 Å². The number of nitrogens with zero attached hydrogens (tertiary/aromatic N) is 1.